The van der Waals surface area contributed by atoms with Crippen LogP contribution in [0.15, 0.2) is 46.4 Å². The maximum atomic E-state index is 11.8. The van der Waals surface area contributed by atoms with Gasteiger partial charge in [0.25, 0.3) is 0 Å². The number of carbonyl (C=O) groups is 1. The highest BCUT2D eigenvalue weighted by atomic mass is 32.2. The average molecular weight is 490 g/mol. The molecule has 1 atom stereocenters. The lowest BCUT2D eigenvalue weighted by atomic mass is 10.2. The summed E-state index contributed by atoms with van der Waals surface area (Å²) in [5.74, 6) is 1.11. The first-order chi connectivity index (χ1) is 15.8. The Hall–Kier alpha value is -3.05. The first kappa shape index (κ1) is 23.1. The zero-order chi connectivity index (χ0) is 23.6. The van der Waals surface area contributed by atoms with E-state index in [4.69, 9.17) is 14.2 Å². The third kappa shape index (κ3) is 5.31. The molecule has 0 bridgehead atoms. The molecule has 2 aromatic heterocycles. The number of methoxy groups -OCH3 is 1. The number of nitrogens with one attached hydrogen (secondary N) is 1. The second kappa shape index (κ2) is 9.44. The number of aromatic amines is 1. The average Bonchev–Trinajstić information content (AvgIpc) is 3.40. The minimum Gasteiger partial charge on any atom is -0.494 e. The van der Waals surface area contributed by atoms with E-state index in [0.717, 1.165) is 27.9 Å². The lowest BCUT2D eigenvalue weighted by Crippen LogP contribution is -2.14. The maximum Gasteiger partial charge on any atom is 0.306 e. The van der Waals surface area contributed by atoms with Crippen LogP contribution in [-0.2, 0) is 19.4 Å². The van der Waals surface area contributed by atoms with Gasteiger partial charge in [0.2, 0.25) is 5.88 Å². The van der Waals surface area contributed by atoms with Gasteiger partial charge < -0.3 is 19.2 Å². The lowest BCUT2D eigenvalue weighted by molar-refractivity contribution is -0.143. The van der Waals surface area contributed by atoms with Crippen LogP contribution in [0.3, 0.4) is 0 Å². The van der Waals surface area contributed by atoms with Gasteiger partial charge in [0.1, 0.15) is 16.5 Å². The van der Waals surface area contributed by atoms with E-state index < -0.39 is 9.84 Å². The monoisotopic (exact) mass is 489 g/mol. The van der Waals surface area contributed by atoms with Crippen LogP contribution >= 0.6 is 11.8 Å². The highest BCUT2D eigenvalue weighted by molar-refractivity contribution is 8.15. The van der Waals surface area contributed by atoms with Crippen LogP contribution in [0.2, 0.25) is 0 Å². The Morgan fingerprint density at radius 2 is 2.09 bits per heavy atom. The van der Waals surface area contributed by atoms with Crippen LogP contribution in [0, 0.1) is 0 Å². The maximum absolute atomic E-state index is 11.8. The van der Waals surface area contributed by atoms with Crippen molar-refractivity contribution in [1.29, 1.82) is 0 Å². The molecule has 0 radical (unpaired) electrons. The Labute approximate surface area is 195 Å². The fourth-order valence-corrected chi connectivity index (χ4v) is 4.99. The number of thioether (sulfide) groups is 1. The van der Waals surface area contributed by atoms with Crippen molar-refractivity contribution >= 4 is 43.5 Å². The summed E-state index contributed by atoms with van der Waals surface area (Å²) in [6.07, 6.45) is 2.70. The minimum absolute atomic E-state index is 0.0484. The smallest absolute Gasteiger partial charge is 0.306 e. The van der Waals surface area contributed by atoms with E-state index in [0.29, 0.717) is 31.1 Å². The van der Waals surface area contributed by atoms with Crippen LogP contribution in [0.4, 0.5) is 0 Å². The molecule has 1 aromatic carbocycles. The molecule has 1 unspecified atom stereocenters. The number of aliphatic imine (C=N–C) groups is 1. The Morgan fingerprint density at radius 3 is 2.76 bits per heavy atom. The molecular weight excluding hydrogens is 466 g/mol. The first-order valence-electron chi connectivity index (χ1n) is 10.2. The number of esters is 1. The number of pyridine rings is 1. The highest BCUT2D eigenvalue weighted by Gasteiger charge is 2.25. The van der Waals surface area contributed by atoms with Crippen molar-refractivity contribution in [3.63, 3.8) is 0 Å². The van der Waals surface area contributed by atoms with E-state index >= 15 is 0 Å². The van der Waals surface area contributed by atoms with E-state index in [2.05, 4.69) is 15.0 Å². The van der Waals surface area contributed by atoms with Crippen molar-refractivity contribution in [2.75, 3.05) is 26.5 Å². The molecule has 1 aliphatic rings. The molecular formula is C22H23N3O6S2. The minimum atomic E-state index is -3.33. The third-order valence-electron chi connectivity index (χ3n) is 4.89. The van der Waals surface area contributed by atoms with Crippen LogP contribution in [-0.4, -0.2) is 61.2 Å². The predicted octanol–water partition coefficient (Wildman–Crippen LogP) is 3.58. The van der Waals surface area contributed by atoms with Crippen molar-refractivity contribution in [2.45, 2.75) is 23.5 Å². The van der Waals surface area contributed by atoms with E-state index in [1.54, 1.807) is 31.9 Å². The van der Waals surface area contributed by atoms with Gasteiger partial charge in [0.05, 0.1) is 42.8 Å². The topological polar surface area (TPSA) is 120 Å². The molecule has 0 saturated heterocycles. The van der Waals surface area contributed by atoms with Gasteiger partial charge in [-0.2, -0.15) is 0 Å². The number of benzene rings is 1. The molecule has 174 valence electrons. The number of rotatable bonds is 8. The van der Waals surface area contributed by atoms with E-state index in [1.807, 2.05) is 12.1 Å². The van der Waals surface area contributed by atoms with Crippen LogP contribution in [0.1, 0.15) is 19.0 Å². The number of hydrogen-bond acceptors (Lipinski definition) is 9. The summed E-state index contributed by atoms with van der Waals surface area (Å²) in [4.78, 5) is 23.9. The Kier molecular flexibility index (Phi) is 6.61. The lowest BCUT2D eigenvalue weighted by Gasteiger charge is -2.08. The van der Waals surface area contributed by atoms with Gasteiger partial charge in [-0.05, 0) is 25.1 Å². The summed E-state index contributed by atoms with van der Waals surface area (Å²) >= 11 is 1.54. The second-order valence-corrected chi connectivity index (χ2v) is 10.7. The van der Waals surface area contributed by atoms with E-state index in [-0.39, 0.29) is 22.0 Å². The molecule has 3 aromatic rings. The van der Waals surface area contributed by atoms with Gasteiger partial charge >= 0.3 is 5.97 Å². The molecule has 0 spiro atoms. The van der Waals surface area contributed by atoms with Gasteiger partial charge in [-0.15, -0.1) is 0 Å². The molecule has 1 N–H and O–H groups in total. The number of H-pyrrole nitrogens is 1. The Balaban J connectivity index is 1.54. The summed E-state index contributed by atoms with van der Waals surface area (Å²) in [6, 6.07) is 8.46. The van der Waals surface area contributed by atoms with Crippen molar-refractivity contribution in [3.8, 4) is 17.4 Å². The molecule has 0 aliphatic carbocycles. The standard InChI is InChI=1S/C22H23N3O6S2/c1-4-30-20(26)10-15-11-24-22(32-15)17-8-13-7-14(9-18(29-2)21(13)25-17)31-19-6-5-16(12-23-19)33(3,27)28/h5-9,12,15,25H,4,10-11H2,1-3H3. The molecule has 0 amide bonds. The summed E-state index contributed by atoms with van der Waals surface area (Å²) in [5.41, 5.74) is 1.62. The van der Waals surface area contributed by atoms with Gasteiger partial charge in [-0.3, -0.25) is 9.79 Å². The molecule has 33 heavy (non-hydrogen) atoms. The number of ether oxygens (including phenoxy) is 3. The molecule has 1 aliphatic heterocycles. The number of sulfone groups is 1. The fourth-order valence-electron chi connectivity index (χ4n) is 3.36. The van der Waals surface area contributed by atoms with E-state index in [1.165, 1.54) is 18.3 Å². The third-order valence-corrected chi connectivity index (χ3v) is 7.21. The number of carbonyl (C=O) groups excluding carboxylic acids is 1. The van der Waals surface area contributed by atoms with Crippen molar-refractivity contribution in [3.05, 3.63) is 42.2 Å². The zero-order valence-corrected chi connectivity index (χ0v) is 20.0. The summed E-state index contributed by atoms with van der Waals surface area (Å²) in [5, 5.41) is 1.72. The van der Waals surface area contributed by atoms with Crippen LogP contribution < -0.4 is 9.47 Å². The molecule has 11 heteroatoms. The number of hydrogen-bond donors (Lipinski definition) is 1. The highest BCUT2D eigenvalue weighted by Crippen LogP contribution is 2.35. The van der Waals surface area contributed by atoms with E-state index in [9.17, 15) is 13.2 Å². The zero-order valence-electron chi connectivity index (χ0n) is 18.3. The van der Waals surface area contributed by atoms with Gasteiger partial charge in [0, 0.05) is 35.2 Å². The number of fused-ring (bicyclic) bond motifs is 1. The quantitative estimate of drug-likeness (QED) is 0.477. The van der Waals surface area contributed by atoms with Crippen LogP contribution in [0.25, 0.3) is 10.9 Å². The second-order valence-electron chi connectivity index (χ2n) is 7.37. The predicted molar refractivity (Wildman–Crippen MR) is 126 cm³/mol. The number of aromatic nitrogens is 2. The first-order valence-corrected chi connectivity index (χ1v) is 13.0. The molecule has 9 nitrogen and oxygen atoms in total. The van der Waals surface area contributed by atoms with Crippen molar-refractivity contribution < 1.29 is 27.4 Å². The van der Waals surface area contributed by atoms with Gasteiger partial charge in [-0.1, -0.05) is 11.8 Å². The Morgan fingerprint density at radius 1 is 1.27 bits per heavy atom. The van der Waals surface area contributed by atoms with Gasteiger partial charge in [0.15, 0.2) is 9.84 Å². The van der Waals surface area contributed by atoms with Crippen molar-refractivity contribution in [1.82, 2.24) is 9.97 Å². The molecule has 0 saturated carbocycles. The summed E-state index contributed by atoms with van der Waals surface area (Å²) in [7, 11) is -1.77. The Bertz CT molecular complexity index is 1320. The molecule has 3 heterocycles. The molecule has 4 rings (SSSR count). The van der Waals surface area contributed by atoms with Gasteiger partial charge in [-0.25, -0.2) is 13.4 Å². The summed E-state index contributed by atoms with van der Waals surface area (Å²) in [6.45, 7) is 2.71. The molecule has 0 fully saturated rings. The SMILES string of the molecule is CCOC(=O)CC1CN=C(c2cc3cc(Oc4ccc(S(C)(=O)=O)cn4)cc(OC)c3[nH]2)S1. The fraction of sp³-hybridized carbons (Fsp3) is 0.318. The summed E-state index contributed by atoms with van der Waals surface area (Å²) < 4.78 is 39.6. The van der Waals surface area contributed by atoms with Crippen LogP contribution in [0.5, 0.6) is 17.4 Å². The van der Waals surface area contributed by atoms with Crippen molar-refractivity contribution in [2.24, 2.45) is 4.99 Å². The normalized spacial score (nSPS) is 16.0. The largest absolute Gasteiger partial charge is 0.494 e. The number of nitrogens with zero attached hydrogens (tertiary/aromatic N) is 2.